The van der Waals surface area contributed by atoms with Crippen molar-refractivity contribution in [3.63, 3.8) is 0 Å². The average molecular weight is 416 g/mol. The summed E-state index contributed by atoms with van der Waals surface area (Å²) in [7, 11) is -3.93. The molecule has 0 saturated heterocycles. The standard InChI is InChI=1S/C20H15ClFN3O2S/c1-12-6-7-13(22)10-19(12)28(26,27)25-14-8-9-16-18(11-14)23-24-20(16)15-4-2-3-5-17(15)21/h2-11,25H,1H3,(H,23,24). The first kappa shape index (κ1) is 18.5. The van der Waals surface area contributed by atoms with Crippen LogP contribution in [0.3, 0.4) is 0 Å². The Morgan fingerprint density at radius 2 is 1.86 bits per heavy atom. The minimum Gasteiger partial charge on any atom is -0.280 e. The molecule has 0 atom stereocenters. The van der Waals surface area contributed by atoms with Crippen LogP contribution in [0.1, 0.15) is 5.56 Å². The monoisotopic (exact) mass is 415 g/mol. The Kier molecular flexibility index (Phi) is 4.56. The summed E-state index contributed by atoms with van der Waals surface area (Å²) in [5.41, 5.74) is 2.89. The van der Waals surface area contributed by atoms with E-state index in [9.17, 15) is 12.8 Å². The van der Waals surface area contributed by atoms with Crippen LogP contribution < -0.4 is 4.72 Å². The Morgan fingerprint density at radius 1 is 1.07 bits per heavy atom. The van der Waals surface area contributed by atoms with Crippen LogP contribution in [-0.2, 0) is 10.0 Å². The van der Waals surface area contributed by atoms with E-state index in [1.807, 2.05) is 18.2 Å². The van der Waals surface area contributed by atoms with Crippen molar-refractivity contribution in [2.75, 3.05) is 4.72 Å². The van der Waals surface area contributed by atoms with E-state index in [0.717, 1.165) is 17.0 Å². The summed E-state index contributed by atoms with van der Waals surface area (Å²) in [6.45, 7) is 1.61. The van der Waals surface area contributed by atoms with E-state index in [1.54, 1.807) is 31.2 Å². The molecule has 0 aliphatic carbocycles. The van der Waals surface area contributed by atoms with Crippen molar-refractivity contribution in [1.29, 1.82) is 0 Å². The molecule has 0 spiro atoms. The lowest BCUT2D eigenvalue weighted by molar-refractivity contribution is 0.594. The number of nitrogens with one attached hydrogen (secondary N) is 2. The van der Waals surface area contributed by atoms with Gasteiger partial charge < -0.3 is 0 Å². The molecule has 0 radical (unpaired) electrons. The highest BCUT2D eigenvalue weighted by molar-refractivity contribution is 7.92. The fourth-order valence-corrected chi connectivity index (χ4v) is 4.55. The zero-order chi connectivity index (χ0) is 19.9. The van der Waals surface area contributed by atoms with Gasteiger partial charge in [0.15, 0.2) is 0 Å². The highest BCUT2D eigenvalue weighted by atomic mass is 35.5. The minimum atomic E-state index is -3.93. The van der Waals surface area contributed by atoms with Crippen LogP contribution in [0, 0.1) is 12.7 Å². The summed E-state index contributed by atoms with van der Waals surface area (Å²) in [6, 6.07) is 16.0. The number of rotatable bonds is 4. The molecule has 4 aromatic rings. The first-order chi connectivity index (χ1) is 13.3. The molecule has 142 valence electrons. The number of fused-ring (bicyclic) bond motifs is 1. The Labute approximate surface area is 166 Å². The molecule has 3 aromatic carbocycles. The van der Waals surface area contributed by atoms with Gasteiger partial charge in [0.05, 0.1) is 21.1 Å². The summed E-state index contributed by atoms with van der Waals surface area (Å²) >= 11 is 6.25. The van der Waals surface area contributed by atoms with Gasteiger partial charge in [0, 0.05) is 10.9 Å². The highest BCUT2D eigenvalue weighted by Gasteiger charge is 2.19. The third-order valence-electron chi connectivity index (χ3n) is 4.38. The summed E-state index contributed by atoms with van der Waals surface area (Å²) < 4.78 is 41.3. The number of hydrogen-bond donors (Lipinski definition) is 2. The van der Waals surface area contributed by atoms with Crippen molar-refractivity contribution < 1.29 is 12.8 Å². The van der Waals surface area contributed by atoms with Crippen LogP contribution >= 0.6 is 11.6 Å². The quantitative estimate of drug-likeness (QED) is 0.485. The van der Waals surface area contributed by atoms with Gasteiger partial charge in [-0.2, -0.15) is 5.10 Å². The van der Waals surface area contributed by atoms with Crippen molar-refractivity contribution in [3.05, 3.63) is 77.1 Å². The zero-order valence-corrected chi connectivity index (χ0v) is 16.3. The van der Waals surface area contributed by atoms with Crippen molar-refractivity contribution in [2.45, 2.75) is 11.8 Å². The molecule has 0 aliphatic heterocycles. The zero-order valence-electron chi connectivity index (χ0n) is 14.7. The van der Waals surface area contributed by atoms with Gasteiger partial charge in [-0.15, -0.1) is 0 Å². The number of halogens is 2. The average Bonchev–Trinajstić information content (AvgIpc) is 3.06. The van der Waals surface area contributed by atoms with Crippen molar-refractivity contribution in [2.24, 2.45) is 0 Å². The van der Waals surface area contributed by atoms with Gasteiger partial charge >= 0.3 is 0 Å². The van der Waals surface area contributed by atoms with Crippen LogP contribution in [0.4, 0.5) is 10.1 Å². The third kappa shape index (κ3) is 3.34. The van der Waals surface area contributed by atoms with E-state index in [0.29, 0.717) is 27.5 Å². The largest absolute Gasteiger partial charge is 0.280 e. The molecule has 8 heteroatoms. The van der Waals surface area contributed by atoms with Crippen molar-refractivity contribution in [1.82, 2.24) is 10.2 Å². The second-order valence-electron chi connectivity index (χ2n) is 6.33. The van der Waals surface area contributed by atoms with E-state index < -0.39 is 15.8 Å². The number of aromatic nitrogens is 2. The molecule has 0 amide bonds. The molecule has 5 nitrogen and oxygen atoms in total. The highest BCUT2D eigenvalue weighted by Crippen LogP contribution is 2.33. The van der Waals surface area contributed by atoms with Gasteiger partial charge in [-0.3, -0.25) is 9.82 Å². The summed E-state index contributed by atoms with van der Waals surface area (Å²) in [6.07, 6.45) is 0. The number of sulfonamides is 1. The molecule has 28 heavy (non-hydrogen) atoms. The third-order valence-corrected chi connectivity index (χ3v) is 6.24. The Hall–Kier alpha value is -2.90. The molecule has 0 fully saturated rings. The lowest BCUT2D eigenvalue weighted by Gasteiger charge is -2.10. The number of H-pyrrole nitrogens is 1. The molecule has 4 rings (SSSR count). The summed E-state index contributed by atoms with van der Waals surface area (Å²) in [5, 5.41) is 8.58. The number of hydrogen-bond acceptors (Lipinski definition) is 3. The Bertz CT molecular complexity index is 1300. The van der Waals surface area contributed by atoms with Crippen molar-refractivity contribution >= 4 is 38.2 Å². The topological polar surface area (TPSA) is 74.8 Å². The van der Waals surface area contributed by atoms with Crippen LogP contribution in [0.25, 0.3) is 22.2 Å². The number of nitrogens with zero attached hydrogens (tertiary/aromatic N) is 1. The van der Waals surface area contributed by atoms with Gasteiger partial charge in [-0.25, -0.2) is 12.8 Å². The number of aryl methyl sites for hydroxylation is 1. The molecule has 0 aliphatic rings. The predicted octanol–water partition coefficient (Wildman–Crippen LogP) is 5.13. The Morgan fingerprint density at radius 3 is 2.64 bits per heavy atom. The molecule has 0 unspecified atom stereocenters. The van der Waals surface area contributed by atoms with E-state index in [2.05, 4.69) is 14.9 Å². The van der Waals surface area contributed by atoms with Gasteiger partial charge in [-0.1, -0.05) is 35.9 Å². The molecule has 1 heterocycles. The molecular formula is C20H15ClFN3O2S. The fourth-order valence-electron chi connectivity index (χ4n) is 3.02. The van der Waals surface area contributed by atoms with Gasteiger partial charge in [0.2, 0.25) is 0 Å². The molecule has 1 aromatic heterocycles. The second-order valence-corrected chi connectivity index (χ2v) is 8.39. The minimum absolute atomic E-state index is 0.103. The fraction of sp³-hybridized carbons (Fsp3) is 0.0500. The van der Waals surface area contributed by atoms with Crippen LogP contribution in [-0.4, -0.2) is 18.6 Å². The first-order valence-corrected chi connectivity index (χ1v) is 10.2. The Balaban J connectivity index is 1.72. The van der Waals surface area contributed by atoms with E-state index in [-0.39, 0.29) is 4.90 Å². The lowest BCUT2D eigenvalue weighted by Crippen LogP contribution is -2.14. The maximum atomic E-state index is 13.5. The van der Waals surface area contributed by atoms with Crippen LogP contribution in [0.5, 0.6) is 0 Å². The van der Waals surface area contributed by atoms with Gasteiger partial charge in [-0.05, 0) is 48.9 Å². The second kappa shape index (κ2) is 6.92. The maximum absolute atomic E-state index is 13.5. The summed E-state index contributed by atoms with van der Waals surface area (Å²) in [5.74, 6) is -0.612. The lowest BCUT2D eigenvalue weighted by atomic mass is 10.1. The molecule has 2 N–H and O–H groups in total. The van der Waals surface area contributed by atoms with Crippen LogP contribution in [0.15, 0.2) is 65.6 Å². The summed E-state index contributed by atoms with van der Waals surface area (Å²) in [4.78, 5) is -0.103. The smallest absolute Gasteiger partial charge is 0.262 e. The maximum Gasteiger partial charge on any atom is 0.262 e. The van der Waals surface area contributed by atoms with E-state index in [4.69, 9.17) is 11.6 Å². The van der Waals surface area contributed by atoms with E-state index >= 15 is 0 Å². The van der Waals surface area contributed by atoms with Gasteiger partial charge in [0.1, 0.15) is 11.5 Å². The molecule has 0 saturated carbocycles. The normalized spacial score (nSPS) is 11.7. The SMILES string of the molecule is Cc1ccc(F)cc1S(=O)(=O)Nc1ccc2c(-c3ccccc3Cl)n[nH]c2c1. The number of aromatic amines is 1. The number of anilines is 1. The van der Waals surface area contributed by atoms with Gasteiger partial charge in [0.25, 0.3) is 10.0 Å². The van der Waals surface area contributed by atoms with E-state index in [1.165, 1.54) is 12.1 Å². The number of benzene rings is 3. The molecule has 0 bridgehead atoms. The van der Waals surface area contributed by atoms with Crippen LogP contribution in [0.2, 0.25) is 5.02 Å². The molecular weight excluding hydrogens is 401 g/mol. The predicted molar refractivity (Wildman–Crippen MR) is 108 cm³/mol. The van der Waals surface area contributed by atoms with Crippen molar-refractivity contribution in [3.8, 4) is 11.3 Å². The first-order valence-electron chi connectivity index (χ1n) is 8.37.